The Balaban J connectivity index is 1.24. The second kappa shape index (κ2) is 8.13. The highest BCUT2D eigenvalue weighted by molar-refractivity contribution is 7.99. The van der Waals surface area contributed by atoms with Crippen LogP contribution in [0.3, 0.4) is 0 Å². The first-order chi connectivity index (χ1) is 14.0. The van der Waals surface area contributed by atoms with Gasteiger partial charge in [-0.05, 0) is 30.3 Å². The van der Waals surface area contributed by atoms with E-state index in [-0.39, 0.29) is 24.0 Å². The van der Waals surface area contributed by atoms with Gasteiger partial charge in [0.25, 0.3) is 5.22 Å². The fourth-order valence-corrected chi connectivity index (χ4v) is 4.26. The Hall–Kier alpha value is -3.05. The first-order valence-corrected chi connectivity index (χ1v) is 11.3. The fraction of sp³-hybridized carbons (Fsp3) is 0.167. The van der Waals surface area contributed by atoms with Crippen LogP contribution >= 0.6 is 11.8 Å². The van der Waals surface area contributed by atoms with Crippen molar-refractivity contribution in [2.24, 2.45) is 0 Å². The number of para-hydroxylation sites is 2. The number of hydrogen-bond donors (Lipinski definition) is 2. The van der Waals surface area contributed by atoms with Gasteiger partial charge < -0.3 is 9.73 Å². The average Bonchev–Trinajstić information content (AvgIpc) is 3.31. The number of carbonyl (C=O) groups excluding carboxylic acids is 1. The third kappa shape index (κ3) is 4.87. The summed E-state index contributed by atoms with van der Waals surface area (Å²) in [6, 6.07) is 12.4. The smallest absolute Gasteiger partial charge is 0.257 e. The molecule has 1 aromatic carbocycles. The number of pyridine rings is 1. The molecule has 0 aliphatic rings. The van der Waals surface area contributed by atoms with Crippen molar-refractivity contribution in [2.45, 2.75) is 5.22 Å². The minimum atomic E-state index is -3.60. The molecule has 0 atom stereocenters. The Morgan fingerprint density at radius 2 is 2.07 bits per heavy atom. The molecule has 9 nitrogen and oxygen atoms in total. The number of amides is 1. The quantitative estimate of drug-likeness (QED) is 0.410. The van der Waals surface area contributed by atoms with Crippen molar-refractivity contribution in [1.82, 2.24) is 19.9 Å². The summed E-state index contributed by atoms with van der Waals surface area (Å²) in [5.41, 5.74) is 2.59. The van der Waals surface area contributed by atoms with Gasteiger partial charge in [-0.1, -0.05) is 23.9 Å². The van der Waals surface area contributed by atoms with E-state index in [0.29, 0.717) is 16.5 Å². The van der Waals surface area contributed by atoms with E-state index in [2.05, 4.69) is 20.1 Å². The molecule has 4 rings (SSSR count). The molecule has 0 fully saturated rings. The molecule has 0 spiro atoms. The highest BCUT2D eigenvalue weighted by Crippen LogP contribution is 2.22. The molecule has 11 heteroatoms. The molecule has 29 heavy (non-hydrogen) atoms. The number of carbonyl (C=O) groups is 1. The van der Waals surface area contributed by atoms with Crippen molar-refractivity contribution in [3.05, 3.63) is 54.9 Å². The van der Waals surface area contributed by atoms with Gasteiger partial charge in [-0.3, -0.25) is 9.52 Å². The number of thioether (sulfide) groups is 1. The fourth-order valence-electron chi connectivity index (χ4n) is 2.63. The van der Waals surface area contributed by atoms with Crippen molar-refractivity contribution in [1.29, 1.82) is 0 Å². The van der Waals surface area contributed by atoms with E-state index >= 15 is 0 Å². The third-order valence-electron chi connectivity index (χ3n) is 3.97. The van der Waals surface area contributed by atoms with Gasteiger partial charge in [-0.15, -0.1) is 0 Å². The Labute approximate surface area is 170 Å². The monoisotopic (exact) mass is 431 g/mol. The molecule has 0 saturated carbocycles. The summed E-state index contributed by atoms with van der Waals surface area (Å²) in [4.78, 5) is 16.2. The zero-order valence-corrected chi connectivity index (χ0v) is 16.7. The highest BCUT2D eigenvalue weighted by atomic mass is 32.2. The van der Waals surface area contributed by atoms with Crippen molar-refractivity contribution in [3.8, 4) is 0 Å². The summed E-state index contributed by atoms with van der Waals surface area (Å²) in [6.45, 7) is -0.00277. The van der Waals surface area contributed by atoms with Gasteiger partial charge in [0.2, 0.25) is 15.9 Å². The number of nitrogens with one attached hydrogen (secondary N) is 2. The second-order valence-corrected chi connectivity index (χ2v) is 8.89. The summed E-state index contributed by atoms with van der Waals surface area (Å²) in [5.74, 6) is -0.456. The number of fused-ring (bicyclic) bond motifs is 2. The molecular weight excluding hydrogens is 414 g/mol. The topological polar surface area (TPSA) is 119 Å². The lowest BCUT2D eigenvalue weighted by Gasteiger charge is -2.09. The molecule has 4 aromatic rings. The minimum absolute atomic E-state index is 0.00277. The largest absolute Gasteiger partial charge is 0.431 e. The molecule has 0 radical (unpaired) electrons. The summed E-state index contributed by atoms with van der Waals surface area (Å²) < 4.78 is 34.1. The number of oxazole rings is 1. The van der Waals surface area contributed by atoms with Gasteiger partial charge >= 0.3 is 0 Å². The lowest BCUT2D eigenvalue weighted by atomic mass is 10.3. The maximum atomic E-state index is 12.2. The van der Waals surface area contributed by atoms with Crippen LogP contribution in [0.15, 0.2) is 64.5 Å². The van der Waals surface area contributed by atoms with Gasteiger partial charge in [-0.2, -0.15) is 5.10 Å². The second-order valence-electron chi connectivity index (χ2n) is 6.12. The molecule has 3 heterocycles. The maximum Gasteiger partial charge on any atom is 0.257 e. The molecule has 3 aromatic heterocycles. The van der Waals surface area contributed by atoms with Crippen molar-refractivity contribution >= 4 is 50.0 Å². The van der Waals surface area contributed by atoms with Crippen LogP contribution in [0, 0.1) is 0 Å². The molecular formula is C18H17N5O4S2. The highest BCUT2D eigenvalue weighted by Gasteiger charge is 2.13. The summed E-state index contributed by atoms with van der Waals surface area (Å²) in [7, 11) is -3.60. The van der Waals surface area contributed by atoms with Crippen LogP contribution in [0.2, 0.25) is 0 Å². The van der Waals surface area contributed by atoms with E-state index in [1.54, 1.807) is 41.2 Å². The van der Waals surface area contributed by atoms with Gasteiger partial charge in [0, 0.05) is 18.9 Å². The van der Waals surface area contributed by atoms with Crippen LogP contribution in [0.1, 0.15) is 0 Å². The molecule has 0 aliphatic heterocycles. The number of aromatic nitrogens is 3. The summed E-state index contributed by atoms with van der Waals surface area (Å²) >= 11 is 1.15. The van der Waals surface area contributed by atoms with E-state index in [4.69, 9.17) is 4.42 Å². The molecule has 0 aliphatic carbocycles. The summed E-state index contributed by atoms with van der Waals surface area (Å²) in [5, 5.41) is 7.04. The van der Waals surface area contributed by atoms with Crippen LogP contribution in [0.5, 0.6) is 0 Å². The van der Waals surface area contributed by atoms with Crippen LogP contribution in [-0.4, -0.2) is 47.0 Å². The van der Waals surface area contributed by atoms with E-state index in [1.165, 1.54) is 0 Å². The molecule has 2 N–H and O–H groups in total. The Kier molecular flexibility index (Phi) is 5.41. The first kappa shape index (κ1) is 19.3. The number of anilines is 1. The van der Waals surface area contributed by atoms with E-state index < -0.39 is 10.0 Å². The molecule has 0 bridgehead atoms. The Morgan fingerprint density at radius 3 is 2.93 bits per heavy atom. The standard InChI is InChI=1S/C18H17N5O4S2/c24-17(12-28-18-21-15-3-1-2-4-16(15)27-18)19-8-10-29(25,26)22-13-6-9-23-14(11-13)5-7-20-23/h1-7,9,11,22H,8,10,12H2,(H,19,24). The van der Waals surface area contributed by atoms with E-state index in [9.17, 15) is 13.2 Å². The SMILES string of the molecule is O=C(CSc1nc2ccccc2o1)NCCS(=O)(=O)Nc1ccn2nccc2c1. The Morgan fingerprint density at radius 1 is 1.21 bits per heavy atom. The number of benzene rings is 1. The third-order valence-corrected chi connectivity index (χ3v) is 6.08. The average molecular weight is 431 g/mol. The first-order valence-electron chi connectivity index (χ1n) is 8.67. The van der Waals surface area contributed by atoms with Crippen LogP contribution in [-0.2, 0) is 14.8 Å². The van der Waals surface area contributed by atoms with Gasteiger partial charge in [-0.25, -0.2) is 17.9 Å². The maximum absolute atomic E-state index is 12.2. The van der Waals surface area contributed by atoms with Gasteiger partial charge in [0.15, 0.2) is 5.58 Å². The van der Waals surface area contributed by atoms with Crippen molar-refractivity contribution < 1.29 is 17.6 Å². The minimum Gasteiger partial charge on any atom is -0.431 e. The van der Waals surface area contributed by atoms with Crippen molar-refractivity contribution in [3.63, 3.8) is 0 Å². The van der Waals surface area contributed by atoms with E-state index in [0.717, 1.165) is 22.8 Å². The zero-order valence-electron chi connectivity index (χ0n) is 15.1. The van der Waals surface area contributed by atoms with Gasteiger partial charge in [0.1, 0.15) is 5.52 Å². The predicted octanol–water partition coefficient (Wildman–Crippen LogP) is 2.13. The van der Waals surface area contributed by atoms with Crippen molar-refractivity contribution in [2.75, 3.05) is 22.8 Å². The van der Waals surface area contributed by atoms with E-state index in [1.807, 2.05) is 18.2 Å². The molecule has 150 valence electrons. The lowest BCUT2D eigenvalue weighted by Crippen LogP contribution is -2.32. The summed E-state index contributed by atoms with van der Waals surface area (Å²) in [6.07, 6.45) is 3.29. The number of hydrogen-bond acceptors (Lipinski definition) is 7. The normalized spacial score (nSPS) is 11.7. The number of nitrogens with zero attached hydrogens (tertiary/aromatic N) is 3. The predicted molar refractivity (Wildman–Crippen MR) is 110 cm³/mol. The molecule has 1 amide bonds. The lowest BCUT2D eigenvalue weighted by molar-refractivity contribution is -0.118. The van der Waals surface area contributed by atoms with Crippen LogP contribution in [0.4, 0.5) is 5.69 Å². The van der Waals surface area contributed by atoms with Crippen LogP contribution in [0.25, 0.3) is 16.6 Å². The molecule has 0 unspecified atom stereocenters. The van der Waals surface area contributed by atoms with Crippen LogP contribution < -0.4 is 10.0 Å². The molecule has 0 saturated heterocycles. The number of rotatable bonds is 8. The zero-order chi connectivity index (χ0) is 20.3. The van der Waals surface area contributed by atoms with Gasteiger partial charge in [0.05, 0.1) is 22.7 Å². The Bertz CT molecular complexity index is 1230. The number of sulfonamides is 1.